The minimum absolute atomic E-state index is 0.0960. The van der Waals surface area contributed by atoms with E-state index in [4.69, 9.17) is 9.72 Å². The van der Waals surface area contributed by atoms with Gasteiger partial charge >= 0.3 is 5.97 Å². The summed E-state index contributed by atoms with van der Waals surface area (Å²) >= 11 is 1.78. The predicted octanol–water partition coefficient (Wildman–Crippen LogP) is 3.28. The third-order valence-corrected chi connectivity index (χ3v) is 7.19. The largest absolute Gasteiger partial charge is 0.466 e. The van der Waals surface area contributed by atoms with Gasteiger partial charge in [-0.25, -0.2) is 4.98 Å². The number of ether oxygens (including phenoxy) is 1. The number of nitrogens with zero attached hydrogens (tertiary/aromatic N) is 3. The van der Waals surface area contributed by atoms with Gasteiger partial charge in [0.2, 0.25) is 5.91 Å². The van der Waals surface area contributed by atoms with Crippen LogP contribution in [0.4, 0.5) is 0 Å². The van der Waals surface area contributed by atoms with Crippen molar-refractivity contribution >= 4 is 33.4 Å². The van der Waals surface area contributed by atoms with Gasteiger partial charge in [0.15, 0.2) is 0 Å². The van der Waals surface area contributed by atoms with Gasteiger partial charge in [-0.3, -0.25) is 14.5 Å². The maximum Gasteiger partial charge on any atom is 0.310 e. The third kappa shape index (κ3) is 4.78. The average molecular weight is 416 g/mol. The lowest BCUT2D eigenvalue weighted by molar-refractivity contribution is -0.150. The van der Waals surface area contributed by atoms with Crippen LogP contribution in [0, 0.1) is 5.92 Å². The number of thiazole rings is 1. The van der Waals surface area contributed by atoms with Gasteiger partial charge in [-0.15, -0.1) is 11.3 Å². The summed E-state index contributed by atoms with van der Waals surface area (Å²) < 4.78 is 6.40. The Morgan fingerprint density at radius 1 is 1.17 bits per heavy atom. The van der Waals surface area contributed by atoms with Gasteiger partial charge in [0.25, 0.3) is 0 Å². The number of hydrogen-bond acceptors (Lipinski definition) is 6. The number of carbonyl (C=O) groups is 2. The Labute approximate surface area is 175 Å². The normalized spacial score (nSPS) is 21.4. The Kier molecular flexibility index (Phi) is 6.45. The van der Waals surface area contributed by atoms with E-state index in [0.29, 0.717) is 25.6 Å². The number of piperidine rings is 2. The lowest BCUT2D eigenvalue weighted by atomic mass is 9.97. The van der Waals surface area contributed by atoms with Gasteiger partial charge in [-0.2, -0.15) is 0 Å². The molecule has 1 amide bonds. The Bertz CT molecular complexity index is 827. The van der Waals surface area contributed by atoms with Gasteiger partial charge in [0, 0.05) is 25.6 Å². The van der Waals surface area contributed by atoms with Crippen molar-refractivity contribution in [3.8, 4) is 0 Å². The van der Waals surface area contributed by atoms with E-state index < -0.39 is 0 Å². The van der Waals surface area contributed by atoms with Crippen LogP contribution in [0.5, 0.6) is 0 Å². The molecule has 1 aromatic heterocycles. The first kappa shape index (κ1) is 20.3. The topological polar surface area (TPSA) is 62.7 Å². The van der Waals surface area contributed by atoms with Crippen molar-refractivity contribution in [3.63, 3.8) is 0 Å². The smallest absolute Gasteiger partial charge is 0.310 e. The predicted molar refractivity (Wildman–Crippen MR) is 114 cm³/mol. The van der Waals surface area contributed by atoms with Crippen LogP contribution in [-0.4, -0.2) is 66.0 Å². The molecule has 3 heterocycles. The molecule has 0 aliphatic carbocycles. The lowest BCUT2D eigenvalue weighted by Crippen LogP contribution is -2.47. The van der Waals surface area contributed by atoms with E-state index in [9.17, 15) is 9.59 Å². The second-order valence-electron chi connectivity index (χ2n) is 8.00. The van der Waals surface area contributed by atoms with Gasteiger partial charge in [-0.05, 0) is 51.3 Å². The molecule has 7 heteroatoms. The molecule has 29 heavy (non-hydrogen) atoms. The van der Waals surface area contributed by atoms with Crippen LogP contribution in [0.2, 0.25) is 0 Å². The highest BCUT2D eigenvalue weighted by atomic mass is 32.1. The fourth-order valence-electron chi connectivity index (χ4n) is 4.38. The number of carbonyl (C=O) groups excluding carboxylic acids is 2. The van der Waals surface area contributed by atoms with Gasteiger partial charge in [0.05, 0.1) is 34.3 Å². The zero-order valence-electron chi connectivity index (χ0n) is 17.0. The summed E-state index contributed by atoms with van der Waals surface area (Å²) in [6, 6.07) is 8.27. The first-order chi connectivity index (χ1) is 14.1. The first-order valence-corrected chi connectivity index (χ1v) is 11.5. The second-order valence-corrected chi connectivity index (χ2v) is 9.06. The molecule has 0 spiro atoms. The van der Waals surface area contributed by atoms with Crippen molar-refractivity contribution in [3.05, 3.63) is 29.3 Å². The number of fused-ring (bicyclic) bond motifs is 1. The lowest BCUT2D eigenvalue weighted by Gasteiger charge is -2.35. The van der Waals surface area contributed by atoms with Gasteiger partial charge in [-0.1, -0.05) is 12.1 Å². The highest BCUT2D eigenvalue weighted by Gasteiger charge is 2.30. The molecule has 2 fully saturated rings. The molecule has 0 N–H and O–H groups in total. The number of rotatable bonds is 5. The Morgan fingerprint density at radius 2 is 1.97 bits per heavy atom. The van der Waals surface area contributed by atoms with Crippen molar-refractivity contribution in [2.75, 3.05) is 39.3 Å². The molecule has 0 saturated carbocycles. The Morgan fingerprint density at radius 3 is 2.72 bits per heavy atom. The summed E-state index contributed by atoms with van der Waals surface area (Å²) in [6.07, 6.45) is 3.74. The molecule has 2 saturated heterocycles. The van der Waals surface area contributed by atoms with E-state index in [1.165, 1.54) is 9.71 Å². The molecule has 1 atom stereocenters. The summed E-state index contributed by atoms with van der Waals surface area (Å²) in [5.74, 6) is 0.402. The van der Waals surface area contributed by atoms with Crippen molar-refractivity contribution in [2.45, 2.75) is 38.5 Å². The number of aromatic nitrogens is 1. The maximum atomic E-state index is 12.8. The molecule has 2 aromatic rings. The van der Waals surface area contributed by atoms with Crippen LogP contribution in [0.1, 0.15) is 43.5 Å². The molecule has 1 aromatic carbocycles. The van der Waals surface area contributed by atoms with Crippen molar-refractivity contribution in [1.29, 1.82) is 0 Å². The molecule has 2 aliphatic heterocycles. The van der Waals surface area contributed by atoms with Gasteiger partial charge < -0.3 is 9.64 Å². The molecule has 0 unspecified atom stereocenters. The van der Waals surface area contributed by atoms with Crippen molar-refractivity contribution in [2.24, 2.45) is 5.92 Å². The van der Waals surface area contributed by atoms with Crippen LogP contribution in [-0.2, 0) is 14.3 Å². The molecular weight excluding hydrogens is 386 g/mol. The average Bonchev–Trinajstić information content (AvgIpc) is 3.18. The van der Waals surface area contributed by atoms with E-state index in [1.807, 2.05) is 17.9 Å². The summed E-state index contributed by atoms with van der Waals surface area (Å²) in [4.78, 5) is 33.7. The molecule has 6 nitrogen and oxygen atoms in total. The minimum Gasteiger partial charge on any atom is -0.466 e. The second kappa shape index (κ2) is 9.22. The van der Waals surface area contributed by atoms with Crippen LogP contribution in [0.15, 0.2) is 24.3 Å². The van der Waals surface area contributed by atoms with Crippen molar-refractivity contribution < 1.29 is 14.3 Å². The molecular formula is C22H29N3O3S. The quantitative estimate of drug-likeness (QED) is 0.702. The van der Waals surface area contributed by atoms with E-state index in [2.05, 4.69) is 23.1 Å². The summed E-state index contributed by atoms with van der Waals surface area (Å²) in [7, 11) is 0. The zero-order chi connectivity index (χ0) is 20.2. The molecule has 2 aliphatic rings. The molecule has 4 rings (SSSR count). The summed E-state index contributed by atoms with van der Waals surface area (Å²) in [5.41, 5.74) is 1.08. The number of esters is 1. The number of benzene rings is 1. The van der Waals surface area contributed by atoms with E-state index in [1.54, 1.807) is 11.3 Å². The highest BCUT2D eigenvalue weighted by molar-refractivity contribution is 7.18. The van der Waals surface area contributed by atoms with E-state index in [0.717, 1.165) is 50.8 Å². The van der Waals surface area contributed by atoms with Crippen LogP contribution < -0.4 is 0 Å². The number of para-hydroxylation sites is 1. The molecule has 156 valence electrons. The highest BCUT2D eigenvalue weighted by Crippen LogP contribution is 2.33. The SMILES string of the molecule is CCOC(=O)[C@@H]1CCCN(CC(=O)N2CCC(c3nc4ccccc4s3)CC2)C1. The number of hydrogen-bond donors (Lipinski definition) is 0. The fourth-order valence-corrected chi connectivity index (χ4v) is 5.52. The zero-order valence-corrected chi connectivity index (χ0v) is 17.8. The summed E-state index contributed by atoms with van der Waals surface area (Å²) in [5, 5.41) is 1.20. The molecule has 0 bridgehead atoms. The minimum atomic E-state index is -0.124. The van der Waals surface area contributed by atoms with E-state index in [-0.39, 0.29) is 17.8 Å². The molecule has 0 radical (unpaired) electrons. The summed E-state index contributed by atoms with van der Waals surface area (Å²) in [6.45, 7) is 5.74. The first-order valence-electron chi connectivity index (χ1n) is 10.7. The fraction of sp³-hybridized carbons (Fsp3) is 0.591. The van der Waals surface area contributed by atoms with Crippen LogP contribution in [0.3, 0.4) is 0 Å². The third-order valence-electron chi connectivity index (χ3n) is 5.99. The van der Waals surface area contributed by atoms with E-state index >= 15 is 0 Å². The number of amides is 1. The Hall–Kier alpha value is -1.99. The standard InChI is InChI=1S/C22H29N3O3S/c1-2-28-22(27)17-6-5-11-24(14-17)15-20(26)25-12-9-16(10-13-25)21-23-18-7-3-4-8-19(18)29-21/h3-4,7-8,16-17H,2,5-6,9-15H2,1H3/t17-/m1/s1. The Balaban J connectivity index is 1.28. The van der Waals surface area contributed by atoms with Crippen molar-refractivity contribution in [1.82, 2.24) is 14.8 Å². The number of likely N-dealkylation sites (tertiary alicyclic amines) is 2. The monoisotopic (exact) mass is 415 g/mol. The van der Waals surface area contributed by atoms with Crippen LogP contribution >= 0.6 is 11.3 Å². The van der Waals surface area contributed by atoms with Gasteiger partial charge in [0.1, 0.15) is 0 Å². The van der Waals surface area contributed by atoms with Crippen LogP contribution in [0.25, 0.3) is 10.2 Å². The maximum absolute atomic E-state index is 12.8.